The SMILES string of the molecule is NC(C(=O)N1CCN(CC(=O)N2CCOCC2)CC1)C1CCOCC1. The van der Waals surface area contributed by atoms with Gasteiger partial charge in [-0.15, -0.1) is 0 Å². The van der Waals surface area contributed by atoms with E-state index in [0.29, 0.717) is 59.2 Å². The molecule has 0 radical (unpaired) electrons. The Morgan fingerprint density at radius 3 is 2.12 bits per heavy atom. The van der Waals surface area contributed by atoms with Crippen LogP contribution < -0.4 is 5.73 Å². The third-order valence-corrected chi connectivity index (χ3v) is 5.47. The Morgan fingerprint density at radius 2 is 1.48 bits per heavy atom. The fourth-order valence-corrected chi connectivity index (χ4v) is 3.72. The molecule has 0 aromatic carbocycles. The van der Waals surface area contributed by atoms with Crippen LogP contribution in [-0.4, -0.2) is 105 Å². The summed E-state index contributed by atoms with van der Waals surface area (Å²) in [5, 5.41) is 0. The molecular formula is C17H30N4O4. The molecule has 3 aliphatic rings. The number of hydrogen-bond donors (Lipinski definition) is 1. The first-order valence-electron chi connectivity index (χ1n) is 9.35. The maximum absolute atomic E-state index is 12.6. The summed E-state index contributed by atoms with van der Waals surface area (Å²) in [6.45, 7) is 7.16. The molecule has 0 spiro atoms. The fourth-order valence-electron chi connectivity index (χ4n) is 3.72. The lowest BCUT2D eigenvalue weighted by Gasteiger charge is -2.38. The number of piperazine rings is 1. The van der Waals surface area contributed by atoms with Crippen LogP contribution >= 0.6 is 0 Å². The van der Waals surface area contributed by atoms with Gasteiger partial charge in [-0.05, 0) is 18.8 Å². The van der Waals surface area contributed by atoms with Gasteiger partial charge < -0.3 is 25.0 Å². The fraction of sp³-hybridized carbons (Fsp3) is 0.882. The zero-order valence-electron chi connectivity index (χ0n) is 14.9. The van der Waals surface area contributed by atoms with Gasteiger partial charge in [0, 0.05) is 52.5 Å². The van der Waals surface area contributed by atoms with Crippen LogP contribution in [0, 0.1) is 5.92 Å². The van der Waals surface area contributed by atoms with E-state index in [1.54, 1.807) is 0 Å². The van der Waals surface area contributed by atoms with E-state index in [1.165, 1.54) is 0 Å². The second kappa shape index (κ2) is 8.93. The summed E-state index contributed by atoms with van der Waals surface area (Å²) in [6, 6.07) is -0.426. The standard InChI is InChI=1S/C17H30N4O4/c18-16(14-1-9-24-10-2-14)17(23)21-5-3-19(4-6-21)13-15(22)20-7-11-25-12-8-20/h14,16H,1-13,18H2. The first-order chi connectivity index (χ1) is 12.1. The normalized spacial score (nSPS) is 25.0. The van der Waals surface area contributed by atoms with E-state index in [4.69, 9.17) is 15.2 Å². The van der Waals surface area contributed by atoms with Crippen LogP contribution in [0.1, 0.15) is 12.8 Å². The predicted octanol–water partition coefficient (Wildman–Crippen LogP) is -1.26. The van der Waals surface area contributed by atoms with Gasteiger partial charge in [0.05, 0.1) is 25.8 Å². The van der Waals surface area contributed by atoms with Crippen molar-refractivity contribution in [3.05, 3.63) is 0 Å². The summed E-state index contributed by atoms with van der Waals surface area (Å²) in [5.74, 6) is 0.426. The Hall–Kier alpha value is -1.22. The minimum atomic E-state index is -0.426. The third-order valence-electron chi connectivity index (χ3n) is 5.47. The maximum Gasteiger partial charge on any atom is 0.239 e. The Labute approximate surface area is 149 Å². The van der Waals surface area contributed by atoms with Crippen molar-refractivity contribution in [1.29, 1.82) is 0 Å². The van der Waals surface area contributed by atoms with E-state index in [-0.39, 0.29) is 17.7 Å². The van der Waals surface area contributed by atoms with Gasteiger partial charge in [-0.25, -0.2) is 0 Å². The van der Waals surface area contributed by atoms with E-state index >= 15 is 0 Å². The topological polar surface area (TPSA) is 88.3 Å². The summed E-state index contributed by atoms with van der Waals surface area (Å²) in [5.41, 5.74) is 6.20. The number of carbonyl (C=O) groups excluding carboxylic acids is 2. The molecule has 1 unspecified atom stereocenters. The van der Waals surface area contributed by atoms with Crippen molar-refractivity contribution in [3.63, 3.8) is 0 Å². The zero-order valence-corrected chi connectivity index (χ0v) is 14.9. The molecule has 3 heterocycles. The molecule has 3 rings (SSSR count). The quantitative estimate of drug-likeness (QED) is 0.678. The highest BCUT2D eigenvalue weighted by molar-refractivity contribution is 5.82. The van der Waals surface area contributed by atoms with Gasteiger partial charge in [-0.2, -0.15) is 0 Å². The number of carbonyl (C=O) groups is 2. The molecule has 142 valence electrons. The van der Waals surface area contributed by atoms with Crippen molar-refractivity contribution in [3.8, 4) is 0 Å². The van der Waals surface area contributed by atoms with Crippen LogP contribution in [0.4, 0.5) is 0 Å². The average Bonchev–Trinajstić information content (AvgIpc) is 2.69. The van der Waals surface area contributed by atoms with Crippen LogP contribution in [0.5, 0.6) is 0 Å². The highest BCUT2D eigenvalue weighted by Gasteiger charge is 2.32. The molecule has 3 saturated heterocycles. The van der Waals surface area contributed by atoms with Gasteiger partial charge >= 0.3 is 0 Å². The van der Waals surface area contributed by atoms with Crippen LogP contribution in [0.2, 0.25) is 0 Å². The first-order valence-corrected chi connectivity index (χ1v) is 9.35. The van der Waals surface area contributed by atoms with Gasteiger partial charge in [-0.3, -0.25) is 14.5 Å². The lowest BCUT2D eigenvalue weighted by Crippen LogP contribution is -2.56. The largest absolute Gasteiger partial charge is 0.381 e. The Bertz CT molecular complexity index is 456. The Morgan fingerprint density at radius 1 is 0.880 bits per heavy atom. The number of nitrogens with zero attached hydrogens (tertiary/aromatic N) is 3. The zero-order chi connectivity index (χ0) is 17.6. The van der Waals surface area contributed by atoms with Crippen LogP contribution in [0.3, 0.4) is 0 Å². The summed E-state index contributed by atoms with van der Waals surface area (Å²) >= 11 is 0. The molecule has 8 heteroatoms. The van der Waals surface area contributed by atoms with Crippen molar-refractivity contribution in [2.24, 2.45) is 11.7 Å². The monoisotopic (exact) mass is 354 g/mol. The number of ether oxygens (including phenoxy) is 2. The number of amides is 2. The van der Waals surface area contributed by atoms with Crippen LogP contribution in [0.15, 0.2) is 0 Å². The van der Waals surface area contributed by atoms with Gasteiger partial charge in [0.15, 0.2) is 0 Å². The van der Waals surface area contributed by atoms with Crippen molar-refractivity contribution in [1.82, 2.24) is 14.7 Å². The van der Waals surface area contributed by atoms with Gasteiger partial charge in [0.25, 0.3) is 0 Å². The number of rotatable bonds is 4. The lowest BCUT2D eigenvalue weighted by atomic mass is 9.91. The van der Waals surface area contributed by atoms with E-state index in [2.05, 4.69) is 4.90 Å². The number of nitrogens with two attached hydrogens (primary N) is 1. The van der Waals surface area contributed by atoms with Crippen molar-refractivity contribution >= 4 is 11.8 Å². The van der Waals surface area contributed by atoms with Gasteiger partial charge in [-0.1, -0.05) is 0 Å². The predicted molar refractivity (Wildman–Crippen MR) is 91.9 cm³/mol. The first kappa shape index (κ1) is 18.6. The molecule has 0 aromatic rings. The molecule has 0 aliphatic carbocycles. The average molecular weight is 354 g/mol. The molecule has 0 saturated carbocycles. The van der Waals surface area contributed by atoms with E-state index < -0.39 is 6.04 Å². The number of hydrogen-bond acceptors (Lipinski definition) is 6. The molecule has 2 amide bonds. The smallest absolute Gasteiger partial charge is 0.239 e. The Kier molecular flexibility index (Phi) is 6.63. The second-order valence-corrected chi connectivity index (χ2v) is 7.07. The molecule has 3 aliphatic heterocycles. The minimum absolute atomic E-state index is 0.0473. The lowest BCUT2D eigenvalue weighted by molar-refractivity contribution is -0.139. The molecule has 0 bridgehead atoms. The molecule has 0 aromatic heterocycles. The molecular weight excluding hydrogens is 324 g/mol. The van der Waals surface area contributed by atoms with E-state index in [0.717, 1.165) is 25.9 Å². The Balaban J connectivity index is 1.41. The van der Waals surface area contributed by atoms with Gasteiger partial charge in [0.1, 0.15) is 0 Å². The molecule has 1 atom stereocenters. The highest BCUT2D eigenvalue weighted by atomic mass is 16.5. The van der Waals surface area contributed by atoms with Crippen molar-refractivity contribution < 1.29 is 19.1 Å². The summed E-state index contributed by atoms with van der Waals surface area (Å²) in [7, 11) is 0. The van der Waals surface area contributed by atoms with Crippen LogP contribution in [0.25, 0.3) is 0 Å². The summed E-state index contributed by atoms with van der Waals surface area (Å²) in [4.78, 5) is 30.8. The van der Waals surface area contributed by atoms with Crippen LogP contribution in [-0.2, 0) is 19.1 Å². The summed E-state index contributed by atoms with van der Waals surface area (Å²) in [6.07, 6.45) is 1.72. The van der Waals surface area contributed by atoms with Crippen molar-refractivity contribution in [2.75, 3.05) is 72.2 Å². The van der Waals surface area contributed by atoms with Crippen molar-refractivity contribution in [2.45, 2.75) is 18.9 Å². The number of morpholine rings is 1. The minimum Gasteiger partial charge on any atom is -0.381 e. The molecule has 2 N–H and O–H groups in total. The van der Waals surface area contributed by atoms with E-state index in [1.807, 2.05) is 9.80 Å². The molecule has 25 heavy (non-hydrogen) atoms. The summed E-state index contributed by atoms with van der Waals surface area (Å²) < 4.78 is 10.6. The molecule has 3 fully saturated rings. The van der Waals surface area contributed by atoms with E-state index in [9.17, 15) is 9.59 Å². The third kappa shape index (κ3) is 4.91. The second-order valence-electron chi connectivity index (χ2n) is 7.07. The highest BCUT2D eigenvalue weighted by Crippen LogP contribution is 2.19. The van der Waals surface area contributed by atoms with Gasteiger partial charge in [0.2, 0.25) is 11.8 Å². The maximum atomic E-state index is 12.6. The molecule has 8 nitrogen and oxygen atoms in total.